The van der Waals surface area contributed by atoms with Crippen LogP contribution in [0.4, 0.5) is 11.5 Å². The maximum absolute atomic E-state index is 14.0. The number of anilines is 2. The number of carbonyl (C=O) groups excluding carboxylic acids is 1. The summed E-state index contributed by atoms with van der Waals surface area (Å²) in [4.78, 5) is 22.2. The molecule has 1 aliphatic rings. The average molecular weight is 540 g/mol. The van der Waals surface area contributed by atoms with Gasteiger partial charge < -0.3 is 29.5 Å². The van der Waals surface area contributed by atoms with Gasteiger partial charge in [0.05, 0.1) is 50.3 Å². The summed E-state index contributed by atoms with van der Waals surface area (Å²) in [5.41, 5.74) is 1.84. The van der Waals surface area contributed by atoms with E-state index in [0.29, 0.717) is 46.6 Å². The maximum atomic E-state index is 14.0. The van der Waals surface area contributed by atoms with E-state index in [0.717, 1.165) is 11.1 Å². The van der Waals surface area contributed by atoms with Gasteiger partial charge in [-0.25, -0.2) is 4.98 Å². The molecule has 0 bridgehead atoms. The molecule has 4 rings (SSSR count). The van der Waals surface area contributed by atoms with E-state index in [1.165, 1.54) is 0 Å². The molecular formula is C29H34ClN3O5. The molecule has 1 aromatic heterocycles. The second-order valence-corrected chi connectivity index (χ2v) is 10.4. The quantitative estimate of drug-likeness (QED) is 0.441. The van der Waals surface area contributed by atoms with Crippen molar-refractivity contribution in [3.8, 4) is 22.6 Å². The standard InChI is InChI=1S/C29H34ClN3O5/c1-29(2,18-10-21(37-4)13-22(11-18)38-5)28(36)32(3)26-15-31-27(33-16-20(35)12-19(33)17-34)14-24(26)23-8-6-7-9-25(23)30/h6-11,13-15,19-20,34-35H,12,16-17H2,1-5H3/t19-,20+/m0/s1. The number of nitrogens with zero attached hydrogens (tertiary/aromatic N) is 3. The first-order valence-corrected chi connectivity index (χ1v) is 12.8. The normalized spacial score (nSPS) is 17.4. The molecule has 3 aromatic rings. The highest BCUT2D eigenvalue weighted by molar-refractivity contribution is 6.33. The van der Waals surface area contributed by atoms with Gasteiger partial charge in [0.15, 0.2) is 0 Å². The number of β-amino-alcohol motifs (C(OH)–C–C–N with tert-alkyl or cyclic N) is 1. The van der Waals surface area contributed by atoms with Gasteiger partial charge in [-0.15, -0.1) is 0 Å². The molecule has 2 heterocycles. The number of aliphatic hydroxyl groups is 2. The fraction of sp³-hybridized carbons (Fsp3) is 0.379. The van der Waals surface area contributed by atoms with Gasteiger partial charge in [-0.05, 0) is 50.1 Å². The smallest absolute Gasteiger partial charge is 0.236 e. The maximum Gasteiger partial charge on any atom is 0.236 e. The zero-order valence-corrected chi connectivity index (χ0v) is 23.1. The van der Waals surface area contributed by atoms with Crippen molar-refractivity contribution in [2.24, 2.45) is 0 Å². The van der Waals surface area contributed by atoms with Gasteiger partial charge in [0.2, 0.25) is 5.91 Å². The van der Waals surface area contributed by atoms with E-state index in [2.05, 4.69) is 4.98 Å². The summed E-state index contributed by atoms with van der Waals surface area (Å²) in [6.45, 7) is 3.97. The van der Waals surface area contributed by atoms with E-state index in [1.54, 1.807) is 44.5 Å². The van der Waals surface area contributed by atoms with E-state index in [4.69, 9.17) is 21.1 Å². The Labute approximate surface area is 228 Å². The van der Waals surface area contributed by atoms with Crippen LogP contribution in [0.1, 0.15) is 25.8 Å². The second-order valence-electron chi connectivity index (χ2n) is 10.0. The van der Waals surface area contributed by atoms with Gasteiger partial charge in [-0.1, -0.05) is 29.8 Å². The number of aromatic nitrogens is 1. The largest absolute Gasteiger partial charge is 0.497 e. The Morgan fingerprint density at radius 3 is 2.39 bits per heavy atom. The number of aliphatic hydroxyl groups excluding tert-OH is 2. The Morgan fingerprint density at radius 2 is 1.79 bits per heavy atom. The number of hydrogen-bond donors (Lipinski definition) is 2. The Balaban J connectivity index is 1.79. The number of carbonyl (C=O) groups is 1. The van der Waals surface area contributed by atoms with Crippen LogP contribution in [0.2, 0.25) is 5.02 Å². The third-order valence-corrected chi connectivity index (χ3v) is 7.53. The van der Waals surface area contributed by atoms with Crippen LogP contribution in [0.3, 0.4) is 0 Å². The van der Waals surface area contributed by atoms with E-state index in [1.807, 2.05) is 55.1 Å². The molecule has 2 aromatic carbocycles. The number of methoxy groups -OCH3 is 2. The van der Waals surface area contributed by atoms with Crippen molar-refractivity contribution >= 4 is 29.0 Å². The van der Waals surface area contributed by atoms with Gasteiger partial charge in [-0.3, -0.25) is 4.79 Å². The molecule has 2 atom stereocenters. The van der Waals surface area contributed by atoms with Crippen LogP contribution in [-0.2, 0) is 10.2 Å². The Kier molecular flexibility index (Phi) is 8.16. The monoisotopic (exact) mass is 539 g/mol. The summed E-state index contributed by atoms with van der Waals surface area (Å²) in [5, 5.41) is 20.6. The molecule has 9 heteroatoms. The van der Waals surface area contributed by atoms with Crippen molar-refractivity contribution in [1.82, 2.24) is 4.98 Å². The first kappa shape index (κ1) is 27.7. The third-order valence-electron chi connectivity index (χ3n) is 7.20. The Hall–Kier alpha value is -3.33. The number of hydrogen-bond acceptors (Lipinski definition) is 7. The van der Waals surface area contributed by atoms with Gasteiger partial charge in [0, 0.05) is 35.8 Å². The highest BCUT2D eigenvalue weighted by Crippen LogP contribution is 2.40. The summed E-state index contributed by atoms with van der Waals surface area (Å²) in [6, 6.07) is 14.5. The molecule has 8 nitrogen and oxygen atoms in total. The topological polar surface area (TPSA) is 95.4 Å². The number of amides is 1. The predicted molar refractivity (Wildman–Crippen MR) is 150 cm³/mol. The van der Waals surface area contributed by atoms with E-state index in [9.17, 15) is 15.0 Å². The fourth-order valence-electron chi connectivity index (χ4n) is 4.92. The van der Waals surface area contributed by atoms with Crippen LogP contribution in [0.25, 0.3) is 11.1 Å². The van der Waals surface area contributed by atoms with Gasteiger partial charge >= 0.3 is 0 Å². The van der Waals surface area contributed by atoms with Crippen LogP contribution in [0, 0.1) is 0 Å². The molecule has 0 spiro atoms. The Morgan fingerprint density at radius 1 is 1.13 bits per heavy atom. The fourth-order valence-corrected chi connectivity index (χ4v) is 5.16. The number of likely N-dealkylation sites (N-methyl/N-ethyl adjacent to an activating group) is 1. The molecule has 0 saturated carbocycles. The van der Waals surface area contributed by atoms with Crippen molar-refractivity contribution in [3.63, 3.8) is 0 Å². The molecule has 1 fully saturated rings. The average Bonchev–Trinajstić information content (AvgIpc) is 3.32. The first-order chi connectivity index (χ1) is 18.1. The summed E-state index contributed by atoms with van der Waals surface area (Å²) >= 11 is 6.61. The molecule has 202 valence electrons. The summed E-state index contributed by atoms with van der Waals surface area (Å²) in [7, 11) is 4.86. The van der Waals surface area contributed by atoms with Crippen molar-refractivity contribution in [3.05, 3.63) is 65.3 Å². The highest BCUT2D eigenvalue weighted by Gasteiger charge is 2.36. The summed E-state index contributed by atoms with van der Waals surface area (Å²) < 4.78 is 10.8. The first-order valence-electron chi connectivity index (χ1n) is 12.4. The molecule has 1 aliphatic heterocycles. The van der Waals surface area contributed by atoms with Gasteiger partial charge in [0.1, 0.15) is 17.3 Å². The van der Waals surface area contributed by atoms with Crippen LogP contribution < -0.4 is 19.3 Å². The zero-order chi connectivity index (χ0) is 27.6. The van der Waals surface area contributed by atoms with E-state index < -0.39 is 11.5 Å². The molecule has 0 aliphatic carbocycles. The van der Waals surface area contributed by atoms with Crippen molar-refractivity contribution in [2.45, 2.75) is 37.8 Å². The Bertz CT molecular complexity index is 1290. The lowest BCUT2D eigenvalue weighted by Crippen LogP contribution is -2.42. The van der Waals surface area contributed by atoms with Crippen molar-refractivity contribution < 1.29 is 24.5 Å². The van der Waals surface area contributed by atoms with Gasteiger partial charge in [0.25, 0.3) is 0 Å². The van der Waals surface area contributed by atoms with E-state index in [-0.39, 0.29) is 18.6 Å². The number of halogens is 1. The minimum Gasteiger partial charge on any atom is -0.497 e. The van der Waals surface area contributed by atoms with Crippen LogP contribution >= 0.6 is 11.6 Å². The highest BCUT2D eigenvalue weighted by atomic mass is 35.5. The molecule has 2 N–H and O–H groups in total. The molecule has 0 radical (unpaired) electrons. The number of pyridine rings is 1. The minimum atomic E-state index is -0.936. The minimum absolute atomic E-state index is 0.0987. The van der Waals surface area contributed by atoms with Crippen LogP contribution in [-0.4, -0.2) is 67.7 Å². The van der Waals surface area contributed by atoms with Crippen molar-refractivity contribution in [1.29, 1.82) is 0 Å². The van der Waals surface area contributed by atoms with E-state index >= 15 is 0 Å². The zero-order valence-electron chi connectivity index (χ0n) is 22.3. The molecule has 1 saturated heterocycles. The predicted octanol–water partition coefficient (Wildman–Crippen LogP) is 4.29. The molecule has 1 amide bonds. The van der Waals surface area contributed by atoms with Gasteiger partial charge in [-0.2, -0.15) is 0 Å². The number of benzene rings is 2. The summed E-state index contributed by atoms with van der Waals surface area (Å²) in [6.07, 6.45) is 1.55. The summed E-state index contributed by atoms with van der Waals surface area (Å²) in [5.74, 6) is 1.62. The number of ether oxygens (including phenoxy) is 2. The SMILES string of the molecule is COc1cc(OC)cc(C(C)(C)C(=O)N(C)c2cnc(N3C[C@H](O)C[C@H]3CO)cc2-c2ccccc2Cl)c1. The third kappa shape index (κ3) is 5.29. The molecule has 38 heavy (non-hydrogen) atoms. The number of rotatable bonds is 8. The lowest BCUT2D eigenvalue weighted by molar-refractivity contribution is -0.122. The lowest BCUT2D eigenvalue weighted by Gasteiger charge is -2.32. The second kappa shape index (κ2) is 11.2. The van der Waals surface area contributed by atoms with Crippen LogP contribution in [0.15, 0.2) is 54.7 Å². The molecular weight excluding hydrogens is 506 g/mol. The van der Waals surface area contributed by atoms with Crippen molar-refractivity contribution in [2.75, 3.05) is 44.2 Å². The van der Waals surface area contributed by atoms with Crippen LogP contribution in [0.5, 0.6) is 11.5 Å². The molecule has 0 unspecified atom stereocenters. The lowest BCUT2D eigenvalue weighted by atomic mass is 9.82.